The lowest BCUT2D eigenvalue weighted by atomic mass is 10.2. The summed E-state index contributed by atoms with van der Waals surface area (Å²) >= 11 is 0. The lowest BCUT2D eigenvalue weighted by Gasteiger charge is -2.09. The van der Waals surface area contributed by atoms with Crippen LogP contribution in [-0.4, -0.2) is 23.6 Å². The Bertz CT molecular complexity index is 906. The van der Waals surface area contributed by atoms with E-state index in [4.69, 9.17) is 9.26 Å². The van der Waals surface area contributed by atoms with Crippen LogP contribution >= 0.6 is 0 Å². The highest BCUT2D eigenvalue weighted by Gasteiger charge is 2.09. The zero-order chi connectivity index (χ0) is 18.4. The standard InChI is InChI=1S/C19H17N3O4/c1-13-10-17(22-26-13)21-18(23)12-25-16-9-5-8-15(11-16)20-19(24)14-6-3-2-4-7-14/h2-11H,12H2,1H3,(H,20,24)(H,21,22,23). The molecule has 0 saturated carbocycles. The van der Waals surface area contributed by atoms with E-state index < -0.39 is 0 Å². The normalized spacial score (nSPS) is 10.2. The summed E-state index contributed by atoms with van der Waals surface area (Å²) in [6.45, 7) is 1.54. The van der Waals surface area contributed by atoms with Gasteiger partial charge in [0.1, 0.15) is 11.5 Å². The number of anilines is 2. The van der Waals surface area contributed by atoms with E-state index in [1.165, 1.54) is 0 Å². The Hall–Kier alpha value is -3.61. The van der Waals surface area contributed by atoms with E-state index in [0.29, 0.717) is 28.6 Å². The van der Waals surface area contributed by atoms with Crippen LogP contribution in [0.1, 0.15) is 16.1 Å². The molecule has 3 aromatic rings. The van der Waals surface area contributed by atoms with Crippen LogP contribution in [0, 0.1) is 6.92 Å². The van der Waals surface area contributed by atoms with Crippen molar-refractivity contribution in [2.45, 2.75) is 6.92 Å². The highest BCUT2D eigenvalue weighted by atomic mass is 16.5. The first kappa shape index (κ1) is 17.2. The van der Waals surface area contributed by atoms with Gasteiger partial charge in [-0.05, 0) is 31.2 Å². The SMILES string of the molecule is Cc1cc(NC(=O)COc2cccc(NC(=O)c3ccccc3)c2)no1. The van der Waals surface area contributed by atoms with Crippen molar-refractivity contribution < 1.29 is 18.8 Å². The average Bonchev–Trinajstić information content (AvgIpc) is 3.06. The van der Waals surface area contributed by atoms with Gasteiger partial charge in [-0.15, -0.1) is 0 Å². The Morgan fingerprint density at radius 1 is 1.04 bits per heavy atom. The fourth-order valence-electron chi connectivity index (χ4n) is 2.21. The van der Waals surface area contributed by atoms with E-state index >= 15 is 0 Å². The van der Waals surface area contributed by atoms with Gasteiger partial charge < -0.3 is 19.9 Å². The number of aromatic nitrogens is 1. The first-order valence-corrected chi connectivity index (χ1v) is 7.92. The molecule has 1 heterocycles. The largest absolute Gasteiger partial charge is 0.484 e. The second kappa shape index (κ2) is 7.98. The summed E-state index contributed by atoms with van der Waals surface area (Å²) in [6.07, 6.45) is 0. The van der Waals surface area contributed by atoms with E-state index in [1.807, 2.05) is 6.07 Å². The predicted octanol–water partition coefficient (Wildman–Crippen LogP) is 3.25. The Morgan fingerprint density at radius 2 is 1.85 bits per heavy atom. The Morgan fingerprint density at radius 3 is 2.58 bits per heavy atom. The molecule has 0 spiro atoms. The molecular formula is C19H17N3O4. The number of amides is 2. The molecule has 0 fully saturated rings. The Labute approximate surface area is 150 Å². The third kappa shape index (κ3) is 4.70. The molecule has 7 heteroatoms. The zero-order valence-electron chi connectivity index (χ0n) is 14.1. The minimum Gasteiger partial charge on any atom is -0.484 e. The van der Waals surface area contributed by atoms with Gasteiger partial charge in [0.2, 0.25) is 0 Å². The van der Waals surface area contributed by atoms with Crippen molar-refractivity contribution in [1.29, 1.82) is 0 Å². The molecule has 0 radical (unpaired) electrons. The summed E-state index contributed by atoms with van der Waals surface area (Å²) in [5, 5.41) is 9.03. The molecule has 0 aliphatic carbocycles. The van der Waals surface area contributed by atoms with Crippen molar-refractivity contribution in [1.82, 2.24) is 5.16 Å². The molecule has 3 rings (SSSR count). The molecule has 0 bridgehead atoms. The number of ether oxygens (including phenoxy) is 1. The third-order valence-electron chi connectivity index (χ3n) is 3.39. The van der Waals surface area contributed by atoms with Gasteiger partial charge in [0.15, 0.2) is 12.4 Å². The van der Waals surface area contributed by atoms with E-state index in [2.05, 4.69) is 15.8 Å². The van der Waals surface area contributed by atoms with E-state index in [0.717, 1.165) is 0 Å². The van der Waals surface area contributed by atoms with E-state index in [-0.39, 0.29) is 18.4 Å². The van der Waals surface area contributed by atoms with Gasteiger partial charge in [0.25, 0.3) is 11.8 Å². The molecule has 0 aliphatic rings. The van der Waals surface area contributed by atoms with Crippen molar-refractivity contribution >= 4 is 23.3 Å². The van der Waals surface area contributed by atoms with Gasteiger partial charge in [-0.3, -0.25) is 9.59 Å². The predicted molar refractivity (Wildman–Crippen MR) is 96.2 cm³/mol. The minimum atomic E-state index is -0.364. The van der Waals surface area contributed by atoms with Crippen LogP contribution in [0.25, 0.3) is 0 Å². The van der Waals surface area contributed by atoms with Gasteiger partial charge in [-0.2, -0.15) is 0 Å². The maximum atomic E-state index is 12.2. The number of benzene rings is 2. The smallest absolute Gasteiger partial charge is 0.263 e. The van der Waals surface area contributed by atoms with E-state index in [1.54, 1.807) is 61.5 Å². The molecule has 7 nitrogen and oxygen atoms in total. The average molecular weight is 351 g/mol. The minimum absolute atomic E-state index is 0.192. The summed E-state index contributed by atoms with van der Waals surface area (Å²) in [5.74, 6) is 0.810. The van der Waals surface area contributed by atoms with E-state index in [9.17, 15) is 9.59 Å². The molecule has 132 valence electrons. The monoisotopic (exact) mass is 351 g/mol. The second-order valence-corrected chi connectivity index (χ2v) is 5.51. The molecule has 2 aromatic carbocycles. The number of carbonyl (C=O) groups excluding carboxylic acids is 2. The number of aryl methyl sites for hydroxylation is 1. The summed E-state index contributed by atoms with van der Waals surface area (Å²) < 4.78 is 10.3. The van der Waals surface area contributed by atoms with Crippen LogP contribution in [0.4, 0.5) is 11.5 Å². The maximum absolute atomic E-state index is 12.2. The number of nitrogens with zero attached hydrogens (tertiary/aromatic N) is 1. The molecule has 1 aromatic heterocycles. The Kier molecular flexibility index (Phi) is 5.28. The molecule has 0 unspecified atom stereocenters. The quantitative estimate of drug-likeness (QED) is 0.711. The fourth-order valence-corrected chi connectivity index (χ4v) is 2.21. The first-order valence-electron chi connectivity index (χ1n) is 7.92. The zero-order valence-corrected chi connectivity index (χ0v) is 14.1. The van der Waals surface area contributed by atoms with Crippen LogP contribution in [-0.2, 0) is 4.79 Å². The lowest BCUT2D eigenvalue weighted by molar-refractivity contribution is -0.118. The number of carbonyl (C=O) groups is 2. The highest BCUT2D eigenvalue weighted by molar-refractivity contribution is 6.04. The molecule has 0 saturated heterocycles. The number of rotatable bonds is 6. The van der Waals surface area contributed by atoms with Gasteiger partial charge in [-0.1, -0.05) is 29.4 Å². The van der Waals surface area contributed by atoms with Crippen LogP contribution in [0.3, 0.4) is 0 Å². The van der Waals surface area contributed by atoms with Crippen molar-refractivity contribution in [2.24, 2.45) is 0 Å². The summed E-state index contributed by atoms with van der Waals surface area (Å²) in [4.78, 5) is 24.0. The van der Waals surface area contributed by atoms with Crippen LogP contribution in [0.5, 0.6) is 5.75 Å². The molecule has 0 atom stereocenters. The maximum Gasteiger partial charge on any atom is 0.263 e. The topological polar surface area (TPSA) is 93.5 Å². The summed E-state index contributed by atoms with van der Waals surface area (Å²) in [6, 6.07) is 17.3. The van der Waals surface area contributed by atoms with Gasteiger partial charge in [0, 0.05) is 23.4 Å². The van der Waals surface area contributed by atoms with Crippen molar-refractivity contribution in [3.8, 4) is 5.75 Å². The summed E-state index contributed by atoms with van der Waals surface area (Å²) in [5.41, 5.74) is 1.13. The molecule has 0 aliphatic heterocycles. The second-order valence-electron chi connectivity index (χ2n) is 5.51. The molecule has 26 heavy (non-hydrogen) atoms. The van der Waals surface area contributed by atoms with Crippen molar-refractivity contribution in [2.75, 3.05) is 17.2 Å². The number of hydrogen-bond acceptors (Lipinski definition) is 5. The number of nitrogens with one attached hydrogen (secondary N) is 2. The van der Waals surface area contributed by atoms with Crippen LogP contribution in [0.15, 0.2) is 65.2 Å². The lowest BCUT2D eigenvalue weighted by Crippen LogP contribution is -2.20. The van der Waals surface area contributed by atoms with Gasteiger partial charge >= 0.3 is 0 Å². The first-order chi connectivity index (χ1) is 12.6. The van der Waals surface area contributed by atoms with Crippen molar-refractivity contribution in [3.63, 3.8) is 0 Å². The fraction of sp³-hybridized carbons (Fsp3) is 0.105. The van der Waals surface area contributed by atoms with Crippen molar-refractivity contribution in [3.05, 3.63) is 72.0 Å². The van der Waals surface area contributed by atoms with Crippen LogP contribution < -0.4 is 15.4 Å². The number of hydrogen-bond donors (Lipinski definition) is 2. The molecular weight excluding hydrogens is 334 g/mol. The third-order valence-corrected chi connectivity index (χ3v) is 3.39. The Balaban J connectivity index is 1.55. The van der Waals surface area contributed by atoms with Gasteiger partial charge in [-0.25, -0.2) is 0 Å². The highest BCUT2D eigenvalue weighted by Crippen LogP contribution is 2.18. The van der Waals surface area contributed by atoms with Gasteiger partial charge in [0.05, 0.1) is 0 Å². The molecule has 2 amide bonds. The molecule has 2 N–H and O–H groups in total. The summed E-state index contributed by atoms with van der Waals surface area (Å²) in [7, 11) is 0. The van der Waals surface area contributed by atoms with Crippen LogP contribution in [0.2, 0.25) is 0 Å².